The minimum atomic E-state index is 0.236. The van der Waals surface area contributed by atoms with Crippen LogP contribution in [-0.2, 0) is 0 Å². The number of benzene rings is 2. The van der Waals surface area contributed by atoms with Crippen molar-refractivity contribution in [3.63, 3.8) is 0 Å². The van der Waals surface area contributed by atoms with E-state index in [9.17, 15) is 5.11 Å². The number of anilines is 1. The normalized spacial score (nSPS) is 10.5. The molecule has 0 aliphatic heterocycles. The molecule has 2 aromatic carbocycles. The Labute approximate surface area is 102 Å². The predicted octanol–water partition coefficient (Wildman–Crippen LogP) is 3.57. The van der Waals surface area contributed by atoms with Gasteiger partial charge in [0.15, 0.2) is 0 Å². The first kappa shape index (κ1) is 11.5. The standard InChI is InChI=1S/C15H17NO/c1-9-6-10(2)15(11(3)7-9)13-5-4-12(16)8-14(13)17/h4-8,17H,16H2,1-3H3. The summed E-state index contributed by atoms with van der Waals surface area (Å²) in [7, 11) is 0. The van der Waals surface area contributed by atoms with Crippen molar-refractivity contribution in [3.05, 3.63) is 47.0 Å². The molecule has 2 nitrogen and oxygen atoms in total. The van der Waals surface area contributed by atoms with Gasteiger partial charge in [-0.3, -0.25) is 0 Å². The first-order valence-corrected chi connectivity index (χ1v) is 5.66. The third-order valence-electron chi connectivity index (χ3n) is 2.97. The minimum Gasteiger partial charge on any atom is -0.507 e. The van der Waals surface area contributed by atoms with Crippen molar-refractivity contribution in [1.82, 2.24) is 0 Å². The summed E-state index contributed by atoms with van der Waals surface area (Å²) in [6.45, 7) is 6.20. The Morgan fingerprint density at radius 2 is 1.53 bits per heavy atom. The second kappa shape index (κ2) is 4.13. The molecule has 0 heterocycles. The number of rotatable bonds is 1. The Balaban J connectivity index is 2.68. The Kier molecular flexibility index (Phi) is 2.80. The van der Waals surface area contributed by atoms with E-state index in [0.717, 1.165) is 11.1 Å². The molecule has 17 heavy (non-hydrogen) atoms. The third-order valence-corrected chi connectivity index (χ3v) is 2.97. The summed E-state index contributed by atoms with van der Waals surface area (Å²) in [6.07, 6.45) is 0. The molecule has 0 atom stereocenters. The van der Waals surface area contributed by atoms with Gasteiger partial charge in [0.2, 0.25) is 0 Å². The Hall–Kier alpha value is -1.96. The third kappa shape index (κ3) is 2.11. The van der Waals surface area contributed by atoms with Gasteiger partial charge in [-0.15, -0.1) is 0 Å². The van der Waals surface area contributed by atoms with E-state index >= 15 is 0 Å². The Morgan fingerprint density at radius 3 is 2.06 bits per heavy atom. The van der Waals surface area contributed by atoms with Gasteiger partial charge in [0.25, 0.3) is 0 Å². The molecule has 0 radical (unpaired) electrons. The van der Waals surface area contributed by atoms with Crippen molar-refractivity contribution in [1.29, 1.82) is 0 Å². The van der Waals surface area contributed by atoms with Crippen LogP contribution in [0.5, 0.6) is 5.75 Å². The number of nitrogens with two attached hydrogens (primary N) is 1. The molecule has 0 aromatic heterocycles. The average Bonchev–Trinajstić information content (AvgIpc) is 2.19. The predicted molar refractivity (Wildman–Crippen MR) is 72.2 cm³/mol. The molecule has 0 aliphatic rings. The lowest BCUT2D eigenvalue weighted by Crippen LogP contribution is -1.92. The fraction of sp³-hybridized carbons (Fsp3) is 0.200. The summed E-state index contributed by atoms with van der Waals surface area (Å²) in [4.78, 5) is 0. The Morgan fingerprint density at radius 1 is 0.941 bits per heavy atom. The number of hydrogen-bond donors (Lipinski definition) is 2. The molecule has 2 rings (SSSR count). The highest BCUT2D eigenvalue weighted by molar-refractivity contribution is 5.77. The van der Waals surface area contributed by atoms with Gasteiger partial charge in [-0.05, 0) is 49.6 Å². The second-order valence-corrected chi connectivity index (χ2v) is 4.55. The van der Waals surface area contributed by atoms with E-state index in [1.807, 2.05) is 12.1 Å². The largest absolute Gasteiger partial charge is 0.507 e. The monoisotopic (exact) mass is 227 g/mol. The zero-order chi connectivity index (χ0) is 12.6. The maximum absolute atomic E-state index is 9.98. The maximum atomic E-state index is 9.98. The van der Waals surface area contributed by atoms with Crippen molar-refractivity contribution in [2.75, 3.05) is 5.73 Å². The first-order valence-electron chi connectivity index (χ1n) is 5.66. The zero-order valence-electron chi connectivity index (χ0n) is 10.4. The number of hydrogen-bond acceptors (Lipinski definition) is 2. The lowest BCUT2D eigenvalue weighted by Gasteiger charge is -2.13. The van der Waals surface area contributed by atoms with Crippen molar-refractivity contribution < 1.29 is 5.11 Å². The van der Waals surface area contributed by atoms with E-state index in [0.29, 0.717) is 5.69 Å². The zero-order valence-corrected chi connectivity index (χ0v) is 10.4. The van der Waals surface area contributed by atoms with Crippen LogP contribution in [0, 0.1) is 20.8 Å². The fourth-order valence-electron chi connectivity index (χ4n) is 2.36. The van der Waals surface area contributed by atoms with Crippen LogP contribution < -0.4 is 5.73 Å². The molecular weight excluding hydrogens is 210 g/mol. The summed E-state index contributed by atoms with van der Waals surface area (Å²) < 4.78 is 0. The molecule has 2 heteroatoms. The minimum absolute atomic E-state index is 0.236. The van der Waals surface area contributed by atoms with E-state index in [2.05, 4.69) is 32.9 Å². The first-order chi connectivity index (χ1) is 7.99. The summed E-state index contributed by atoms with van der Waals surface area (Å²) in [6, 6.07) is 9.52. The molecule has 0 unspecified atom stereocenters. The van der Waals surface area contributed by atoms with Crippen LogP contribution in [0.4, 0.5) is 5.69 Å². The molecule has 0 spiro atoms. The molecule has 88 valence electrons. The highest BCUT2D eigenvalue weighted by atomic mass is 16.3. The number of aromatic hydroxyl groups is 1. The Bertz CT molecular complexity index is 550. The van der Waals surface area contributed by atoms with Gasteiger partial charge in [0.1, 0.15) is 5.75 Å². The topological polar surface area (TPSA) is 46.2 Å². The highest BCUT2D eigenvalue weighted by Crippen LogP contribution is 2.35. The van der Waals surface area contributed by atoms with Gasteiger partial charge in [-0.1, -0.05) is 17.7 Å². The summed E-state index contributed by atoms with van der Waals surface area (Å²) in [5, 5.41) is 9.98. The molecule has 0 bridgehead atoms. The van der Waals surface area contributed by atoms with Crippen LogP contribution in [0.1, 0.15) is 16.7 Å². The second-order valence-electron chi connectivity index (χ2n) is 4.55. The van der Waals surface area contributed by atoms with E-state index < -0.39 is 0 Å². The van der Waals surface area contributed by atoms with Crippen molar-refractivity contribution in [3.8, 4) is 16.9 Å². The van der Waals surface area contributed by atoms with Crippen LogP contribution in [0.3, 0.4) is 0 Å². The van der Waals surface area contributed by atoms with E-state index in [1.165, 1.54) is 16.7 Å². The number of phenols is 1. The van der Waals surface area contributed by atoms with E-state index in [1.54, 1.807) is 6.07 Å². The van der Waals surface area contributed by atoms with Gasteiger partial charge in [-0.25, -0.2) is 0 Å². The van der Waals surface area contributed by atoms with Gasteiger partial charge < -0.3 is 10.8 Å². The van der Waals surface area contributed by atoms with Crippen LogP contribution >= 0.6 is 0 Å². The summed E-state index contributed by atoms with van der Waals surface area (Å²) >= 11 is 0. The number of nitrogen functional groups attached to an aromatic ring is 1. The van der Waals surface area contributed by atoms with Gasteiger partial charge >= 0.3 is 0 Å². The van der Waals surface area contributed by atoms with Crippen LogP contribution in [0.15, 0.2) is 30.3 Å². The lowest BCUT2D eigenvalue weighted by atomic mass is 9.93. The molecule has 0 amide bonds. The van der Waals surface area contributed by atoms with Crippen LogP contribution in [0.2, 0.25) is 0 Å². The van der Waals surface area contributed by atoms with Crippen molar-refractivity contribution in [2.24, 2.45) is 0 Å². The SMILES string of the molecule is Cc1cc(C)c(-c2ccc(N)cc2O)c(C)c1. The number of phenolic OH excluding ortho intramolecular Hbond substituents is 1. The van der Waals surface area contributed by atoms with E-state index in [-0.39, 0.29) is 5.75 Å². The van der Waals surface area contributed by atoms with Crippen molar-refractivity contribution in [2.45, 2.75) is 20.8 Å². The molecule has 0 saturated carbocycles. The molecule has 2 aromatic rings. The lowest BCUT2D eigenvalue weighted by molar-refractivity contribution is 0.477. The average molecular weight is 227 g/mol. The van der Waals surface area contributed by atoms with Gasteiger partial charge in [0, 0.05) is 17.3 Å². The van der Waals surface area contributed by atoms with Crippen molar-refractivity contribution >= 4 is 5.69 Å². The fourth-order valence-corrected chi connectivity index (χ4v) is 2.36. The molecule has 0 fully saturated rings. The molecule has 3 N–H and O–H groups in total. The highest BCUT2D eigenvalue weighted by Gasteiger charge is 2.10. The summed E-state index contributed by atoms with van der Waals surface area (Å²) in [5.74, 6) is 0.236. The maximum Gasteiger partial charge on any atom is 0.125 e. The smallest absolute Gasteiger partial charge is 0.125 e. The molecule has 0 saturated heterocycles. The van der Waals surface area contributed by atoms with Gasteiger partial charge in [-0.2, -0.15) is 0 Å². The quantitative estimate of drug-likeness (QED) is 0.732. The van der Waals surface area contributed by atoms with Crippen LogP contribution in [-0.4, -0.2) is 5.11 Å². The van der Waals surface area contributed by atoms with Gasteiger partial charge in [0.05, 0.1) is 0 Å². The molecule has 0 aliphatic carbocycles. The summed E-state index contributed by atoms with van der Waals surface area (Å²) in [5.41, 5.74) is 11.7. The number of aryl methyl sites for hydroxylation is 3. The van der Waals surface area contributed by atoms with E-state index in [4.69, 9.17) is 5.73 Å². The molecular formula is C15H17NO. The van der Waals surface area contributed by atoms with Crippen LogP contribution in [0.25, 0.3) is 11.1 Å².